The van der Waals surface area contributed by atoms with Gasteiger partial charge in [0.25, 0.3) is 0 Å². The first-order valence-electron chi connectivity index (χ1n) is 10.9. The van der Waals surface area contributed by atoms with Gasteiger partial charge in [0, 0.05) is 29.5 Å². The number of benzene rings is 1. The standard InChI is InChI=1S/C23H29ClN2O4/c24-18-7-3-6-16(11-18)21(28)19-13-23(8-9-23)14-26(19)22(29)17(12-20(27)25-30)10-15-4-1-2-5-15/h3,6-7,11,15,17,19,30H,1-2,4-5,8-10,12-14H2,(H,25,27)/t17-,19+/m1/s1. The third kappa shape index (κ3) is 4.54. The second kappa shape index (κ2) is 8.67. The summed E-state index contributed by atoms with van der Waals surface area (Å²) < 4.78 is 0. The Hall–Kier alpha value is -1.92. The lowest BCUT2D eigenvalue weighted by atomic mass is 9.89. The van der Waals surface area contributed by atoms with Crippen LogP contribution in [0.2, 0.25) is 5.02 Å². The maximum Gasteiger partial charge on any atom is 0.244 e. The third-order valence-corrected chi connectivity index (χ3v) is 7.39. The van der Waals surface area contributed by atoms with Crippen molar-refractivity contribution in [2.75, 3.05) is 6.54 Å². The first-order valence-corrected chi connectivity index (χ1v) is 11.3. The summed E-state index contributed by atoms with van der Waals surface area (Å²) in [7, 11) is 0. The molecule has 1 heterocycles. The van der Waals surface area contributed by atoms with Crippen molar-refractivity contribution in [1.82, 2.24) is 10.4 Å². The van der Waals surface area contributed by atoms with Gasteiger partial charge < -0.3 is 4.90 Å². The minimum atomic E-state index is -0.551. The molecule has 2 saturated carbocycles. The Labute approximate surface area is 181 Å². The minimum absolute atomic E-state index is 0.0473. The summed E-state index contributed by atoms with van der Waals surface area (Å²) in [5.41, 5.74) is 2.23. The number of hydroxylamine groups is 1. The quantitative estimate of drug-likeness (QED) is 0.387. The number of Topliss-reactive ketones (excluding diaryl/α,β-unsaturated/α-hetero) is 1. The van der Waals surface area contributed by atoms with Crippen LogP contribution in [-0.4, -0.2) is 40.3 Å². The molecule has 3 fully saturated rings. The van der Waals surface area contributed by atoms with E-state index in [4.69, 9.17) is 16.8 Å². The highest BCUT2D eigenvalue weighted by Gasteiger charge is 2.55. The van der Waals surface area contributed by atoms with Gasteiger partial charge in [-0.1, -0.05) is 49.4 Å². The van der Waals surface area contributed by atoms with Gasteiger partial charge in [-0.05, 0) is 49.1 Å². The number of hydrogen-bond donors (Lipinski definition) is 2. The lowest BCUT2D eigenvalue weighted by molar-refractivity contribution is -0.141. The Kier molecular flexibility index (Phi) is 6.16. The van der Waals surface area contributed by atoms with Crippen LogP contribution in [-0.2, 0) is 9.59 Å². The number of hydrogen-bond acceptors (Lipinski definition) is 4. The summed E-state index contributed by atoms with van der Waals surface area (Å²) in [5, 5.41) is 9.51. The summed E-state index contributed by atoms with van der Waals surface area (Å²) in [6.07, 6.45) is 7.76. The SMILES string of the molecule is O=C(C[C@@H](CC1CCCC1)C(=O)N1CC2(CC2)C[C@H]1C(=O)c1cccc(Cl)c1)NO. The van der Waals surface area contributed by atoms with Gasteiger partial charge in [-0.25, -0.2) is 5.48 Å². The highest BCUT2D eigenvalue weighted by molar-refractivity contribution is 6.31. The maximum absolute atomic E-state index is 13.6. The zero-order chi connectivity index (χ0) is 21.3. The first-order chi connectivity index (χ1) is 14.4. The van der Waals surface area contributed by atoms with Gasteiger partial charge in [0.1, 0.15) is 0 Å². The number of nitrogens with zero attached hydrogens (tertiary/aromatic N) is 1. The number of ketones is 1. The van der Waals surface area contributed by atoms with Crippen LogP contribution in [0.4, 0.5) is 0 Å². The maximum atomic E-state index is 13.6. The molecule has 30 heavy (non-hydrogen) atoms. The molecule has 4 rings (SSSR count). The van der Waals surface area contributed by atoms with Crippen molar-refractivity contribution in [1.29, 1.82) is 0 Å². The zero-order valence-corrected chi connectivity index (χ0v) is 17.9. The van der Waals surface area contributed by atoms with Crippen LogP contribution in [0.25, 0.3) is 0 Å². The smallest absolute Gasteiger partial charge is 0.244 e. The van der Waals surface area contributed by atoms with Crippen molar-refractivity contribution in [3.63, 3.8) is 0 Å². The predicted molar refractivity (Wildman–Crippen MR) is 112 cm³/mol. The molecule has 2 aliphatic carbocycles. The van der Waals surface area contributed by atoms with E-state index in [1.807, 2.05) is 0 Å². The molecule has 2 amide bonds. The molecule has 1 aromatic rings. The molecule has 1 saturated heterocycles. The molecule has 1 spiro atoms. The fourth-order valence-electron chi connectivity index (χ4n) is 5.32. The van der Waals surface area contributed by atoms with Gasteiger partial charge in [0.15, 0.2) is 5.78 Å². The van der Waals surface area contributed by atoms with Crippen LogP contribution in [0, 0.1) is 17.3 Å². The van der Waals surface area contributed by atoms with Crippen LogP contribution in [0.3, 0.4) is 0 Å². The molecule has 7 heteroatoms. The molecular weight excluding hydrogens is 404 g/mol. The summed E-state index contributed by atoms with van der Waals surface area (Å²) >= 11 is 6.08. The monoisotopic (exact) mass is 432 g/mol. The summed E-state index contributed by atoms with van der Waals surface area (Å²) in [6, 6.07) is 6.35. The fourth-order valence-corrected chi connectivity index (χ4v) is 5.51. The van der Waals surface area contributed by atoms with Gasteiger partial charge in [0.05, 0.1) is 6.04 Å². The average molecular weight is 433 g/mol. The number of likely N-dealkylation sites (tertiary alicyclic amines) is 1. The van der Waals surface area contributed by atoms with Crippen molar-refractivity contribution < 1.29 is 19.6 Å². The lowest BCUT2D eigenvalue weighted by Gasteiger charge is -2.29. The van der Waals surface area contributed by atoms with E-state index in [0.717, 1.165) is 38.5 Å². The van der Waals surface area contributed by atoms with E-state index in [1.165, 1.54) is 0 Å². The van der Waals surface area contributed by atoms with Crippen LogP contribution < -0.4 is 5.48 Å². The zero-order valence-electron chi connectivity index (χ0n) is 17.1. The van der Waals surface area contributed by atoms with E-state index >= 15 is 0 Å². The van der Waals surface area contributed by atoms with Crippen LogP contribution in [0.5, 0.6) is 0 Å². The molecule has 0 unspecified atom stereocenters. The molecule has 3 aliphatic rings. The molecule has 1 aromatic carbocycles. The largest absolute Gasteiger partial charge is 0.331 e. The fraction of sp³-hybridized carbons (Fsp3) is 0.609. The van der Waals surface area contributed by atoms with E-state index < -0.39 is 17.9 Å². The van der Waals surface area contributed by atoms with E-state index in [1.54, 1.807) is 34.6 Å². The van der Waals surface area contributed by atoms with Gasteiger partial charge in [-0.2, -0.15) is 0 Å². The Morgan fingerprint density at radius 2 is 1.97 bits per heavy atom. The number of nitrogens with one attached hydrogen (secondary N) is 1. The van der Waals surface area contributed by atoms with Gasteiger partial charge in [-0.3, -0.25) is 19.6 Å². The van der Waals surface area contributed by atoms with Crippen molar-refractivity contribution in [2.45, 2.75) is 63.8 Å². The number of amides is 2. The highest BCUT2D eigenvalue weighted by atomic mass is 35.5. The van der Waals surface area contributed by atoms with Crippen molar-refractivity contribution in [3.05, 3.63) is 34.9 Å². The number of carbonyl (C=O) groups excluding carboxylic acids is 3. The minimum Gasteiger partial charge on any atom is -0.331 e. The van der Waals surface area contributed by atoms with E-state index in [-0.39, 0.29) is 23.5 Å². The first kappa shape index (κ1) is 21.3. The summed E-state index contributed by atoms with van der Waals surface area (Å²) in [6.45, 7) is 0.574. The molecule has 0 bridgehead atoms. The highest BCUT2D eigenvalue weighted by Crippen LogP contribution is 2.55. The Morgan fingerprint density at radius 3 is 2.60 bits per heavy atom. The van der Waals surface area contributed by atoms with Crippen LogP contribution >= 0.6 is 11.6 Å². The van der Waals surface area contributed by atoms with E-state index in [9.17, 15) is 14.4 Å². The topological polar surface area (TPSA) is 86.7 Å². The van der Waals surface area contributed by atoms with Gasteiger partial charge >= 0.3 is 0 Å². The summed E-state index contributed by atoms with van der Waals surface area (Å²) in [5.74, 6) is -0.853. The lowest BCUT2D eigenvalue weighted by Crippen LogP contribution is -2.45. The molecule has 0 radical (unpaired) electrons. The Bertz CT molecular complexity index is 832. The predicted octanol–water partition coefficient (Wildman–Crippen LogP) is 4.00. The van der Waals surface area contributed by atoms with Crippen LogP contribution in [0.15, 0.2) is 24.3 Å². The second-order valence-electron chi connectivity index (χ2n) is 9.38. The molecule has 2 atom stereocenters. The summed E-state index contributed by atoms with van der Waals surface area (Å²) in [4.78, 5) is 40.5. The van der Waals surface area contributed by atoms with Crippen LogP contribution in [0.1, 0.15) is 68.1 Å². The molecule has 1 aliphatic heterocycles. The third-order valence-electron chi connectivity index (χ3n) is 7.16. The molecular formula is C23H29ClN2O4. The molecule has 162 valence electrons. The van der Waals surface area contributed by atoms with Gasteiger partial charge in [0.2, 0.25) is 11.8 Å². The van der Waals surface area contributed by atoms with E-state index in [2.05, 4.69) is 0 Å². The Morgan fingerprint density at radius 1 is 1.23 bits per heavy atom. The number of halogens is 1. The van der Waals surface area contributed by atoms with Crippen molar-refractivity contribution in [3.8, 4) is 0 Å². The normalized spacial score (nSPS) is 23.5. The molecule has 6 nitrogen and oxygen atoms in total. The number of rotatable bonds is 7. The number of carbonyl (C=O) groups is 3. The Balaban J connectivity index is 1.56. The van der Waals surface area contributed by atoms with Crippen molar-refractivity contribution in [2.24, 2.45) is 17.3 Å². The van der Waals surface area contributed by atoms with Crippen molar-refractivity contribution >= 4 is 29.2 Å². The molecule has 2 N–H and O–H groups in total. The average Bonchev–Trinajstić information content (AvgIpc) is 3.13. The van der Waals surface area contributed by atoms with Gasteiger partial charge in [-0.15, -0.1) is 0 Å². The second-order valence-corrected chi connectivity index (χ2v) is 9.82. The van der Waals surface area contributed by atoms with E-state index in [0.29, 0.717) is 35.9 Å². The molecule has 0 aromatic heterocycles.